The molecule has 1 unspecified atom stereocenters. The Kier molecular flexibility index (Phi) is 3.49. The Morgan fingerprint density at radius 1 is 1.44 bits per heavy atom. The smallest absolute Gasteiger partial charge is 0.0428 e. The number of rotatable bonds is 3. The Labute approximate surface area is 98.7 Å². The third-order valence-corrected chi connectivity index (χ3v) is 3.70. The molecule has 1 aliphatic heterocycles. The lowest BCUT2D eigenvalue weighted by Crippen LogP contribution is -2.38. The molecular formula is C14H22N2. The summed E-state index contributed by atoms with van der Waals surface area (Å²) in [7, 11) is 4.27. The van der Waals surface area contributed by atoms with Gasteiger partial charge in [-0.05, 0) is 50.9 Å². The fourth-order valence-electron chi connectivity index (χ4n) is 2.77. The molecule has 1 heterocycles. The summed E-state index contributed by atoms with van der Waals surface area (Å²) in [4.78, 5) is 2.48. The normalized spacial score (nSPS) is 19.7. The highest BCUT2D eigenvalue weighted by atomic mass is 15.1. The number of hydrogen-bond acceptors (Lipinski definition) is 2. The minimum Gasteiger partial charge on any atom is -0.371 e. The highest BCUT2D eigenvalue weighted by Crippen LogP contribution is 2.33. The summed E-state index contributed by atoms with van der Waals surface area (Å²) in [5, 5.41) is 3.25. The second-order valence-electron chi connectivity index (χ2n) is 4.78. The van der Waals surface area contributed by atoms with Crippen molar-refractivity contribution in [3.05, 3.63) is 29.3 Å². The van der Waals surface area contributed by atoms with Crippen LogP contribution < -0.4 is 10.2 Å². The van der Waals surface area contributed by atoms with E-state index in [2.05, 4.69) is 42.4 Å². The molecule has 1 aromatic rings. The number of nitrogens with one attached hydrogen (secondary N) is 1. The van der Waals surface area contributed by atoms with Gasteiger partial charge in [0.15, 0.2) is 0 Å². The van der Waals surface area contributed by atoms with E-state index in [0.717, 1.165) is 6.54 Å². The molecule has 1 atom stereocenters. The quantitative estimate of drug-likeness (QED) is 0.838. The Morgan fingerprint density at radius 2 is 2.25 bits per heavy atom. The van der Waals surface area contributed by atoms with Crippen molar-refractivity contribution in [2.24, 2.45) is 0 Å². The third kappa shape index (κ3) is 2.07. The van der Waals surface area contributed by atoms with E-state index >= 15 is 0 Å². The van der Waals surface area contributed by atoms with Crippen molar-refractivity contribution in [2.75, 3.05) is 25.5 Å². The molecule has 0 aliphatic carbocycles. The van der Waals surface area contributed by atoms with Crippen molar-refractivity contribution in [1.82, 2.24) is 5.32 Å². The van der Waals surface area contributed by atoms with Gasteiger partial charge in [0.05, 0.1) is 0 Å². The Bertz CT molecular complexity index is 360. The van der Waals surface area contributed by atoms with Crippen LogP contribution in [0, 0.1) is 6.92 Å². The molecule has 88 valence electrons. The summed E-state index contributed by atoms with van der Waals surface area (Å²) in [6, 6.07) is 7.36. The second kappa shape index (κ2) is 4.88. The van der Waals surface area contributed by atoms with Gasteiger partial charge in [-0.1, -0.05) is 18.2 Å². The van der Waals surface area contributed by atoms with Gasteiger partial charge < -0.3 is 10.2 Å². The van der Waals surface area contributed by atoms with Gasteiger partial charge in [-0.15, -0.1) is 0 Å². The van der Waals surface area contributed by atoms with Gasteiger partial charge in [-0.2, -0.15) is 0 Å². The van der Waals surface area contributed by atoms with E-state index in [1.807, 2.05) is 7.05 Å². The SMILES string of the molecule is CNCCC1CCc2cccc(C)c2N1C. The molecule has 0 amide bonds. The standard InChI is InChI=1S/C14H22N2/c1-11-5-4-6-12-7-8-13(9-10-15-2)16(3)14(11)12/h4-6,13,15H,7-10H2,1-3H3. The zero-order valence-corrected chi connectivity index (χ0v) is 10.6. The minimum absolute atomic E-state index is 0.695. The molecule has 0 fully saturated rings. The van der Waals surface area contributed by atoms with Crippen molar-refractivity contribution >= 4 is 5.69 Å². The molecular weight excluding hydrogens is 196 g/mol. The van der Waals surface area contributed by atoms with E-state index in [-0.39, 0.29) is 0 Å². The van der Waals surface area contributed by atoms with Crippen molar-refractivity contribution in [2.45, 2.75) is 32.2 Å². The van der Waals surface area contributed by atoms with Crippen molar-refractivity contribution in [1.29, 1.82) is 0 Å². The lowest BCUT2D eigenvalue weighted by molar-refractivity contribution is 0.509. The molecule has 0 spiro atoms. The molecule has 16 heavy (non-hydrogen) atoms. The first-order valence-electron chi connectivity index (χ1n) is 6.20. The van der Waals surface area contributed by atoms with E-state index in [9.17, 15) is 0 Å². The van der Waals surface area contributed by atoms with Gasteiger partial charge in [-0.25, -0.2) is 0 Å². The van der Waals surface area contributed by atoms with Crippen LogP contribution in [0.25, 0.3) is 0 Å². The predicted octanol–water partition coefficient (Wildman–Crippen LogP) is 2.36. The highest BCUT2D eigenvalue weighted by Gasteiger charge is 2.23. The van der Waals surface area contributed by atoms with Crippen molar-refractivity contribution in [3.8, 4) is 0 Å². The average molecular weight is 218 g/mol. The molecule has 2 heteroatoms. The van der Waals surface area contributed by atoms with Gasteiger partial charge in [0, 0.05) is 18.8 Å². The van der Waals surface area contributed by atoms with E-state index in [0.29, 0.717) is 6.04 Å². The molecule has 2 nitrogen and oxygen atoms in total. The van der Waals surface area contributed by atoms with Gasteiger partial charge in [0.1, 0.15) is 0 Å². The van der Waals surface area contributed by atoms with Crippen LogP contribution in [0.2, 0.25) is 0 Å². The van der Waals surface area contributed by atoms with Crippen molar-refractivity contribution < 1.29 is 0 Å². The molecule has 1 aliphatic rings. The lowest BCUT2D eigenvalue weighted by atomic mass is 9.92. The molecule has 0 aromatic heterocycles. The summed E-state index contributed by atoms with van der Waals surface area (Å²) in [5.41, 5.74) is 4.40. The summed E-state index contributed by atoms with van der Waals surface area (Å²) in [6.45, 7) is 3.33. The number of benzene rings is 1. The zero-order chi connectivity index (χ0) is 11.5. The summed E-state index contributed by atoms with van der Waals surface area (Å²) in [5.74, 6) is 0. The monoisotopic (exact) mass is 218 g/mol. The first kappa shape index (κ1) is 11.5. The number of aryl methyl sites for hydroxylation is 2. The maximum atomic E-state index is 3.25. The van der Waals surface area contributed by atoms with E-state index in [1.165, 1.54) is 36.1 Å². The first-order chi connectivity index (χ1) is 7.74. The second-order valence-corrected chi connectivity index (χ2v) is 4.78. The number of para-hydroxylation sites is 1. The van der Waals surface area contributed by atoms with E-state index in [1.54, 1.807) is 0 Å². The Morgan fingerprint density at radius 3 is 3.00 bits per heavy atom. The Balaban J connectivity index is 2.20. The van der Waals surface area contributed by atoms with Crippen LogP contribution in [-0.4, -0.2) is 26.7 Å². The van der Waals surface area contributed by atoms with Gasteiger partial charge in [0.2, 0.25) is 0 Å². The van der Waals surface area contributed by atoms with Crippen LogP contribution in [-0.2, 0) is 6.42 Å². The number of nitrogens with zero attached hydrogens (tertiary/aromatic N) is 1. The molecule has 0 saturated heterocycles. The molecule has 2 rings (SSSR count). The lowest BCUT2D eigenvalue weighted by Gasteiger charge is -2.37. The predicted molar refractivity (Wildman–Crippen MR) is 70.2 cm³/mol. The molecule has 0 saturated carbocycles. The topological polar surface area (TPSA) is 15.3 Å². The molecule has 0 bridgehead atoms. The number of anilines is 1. The van der Waals surface area contributed by atoms with Crippen molar-refractivity contribution in [3.63, 3.8) is 0 Å². The Hall–Kier alpha value is -1.02. The van der Waals surface area contributed by atoms with E-state index < -0.39 is 0 Å². The number of fused-ring (bicyclic) bond motifs is 1. The van der Waals surface area contributed by atoms with Crippen LogP contribution in [0.3, 0.4) is 0 Å². The summed E-state index contributed by atoms with van der Waals surface area (Å²) >= 11 is 0. The van der Waals surface area contributed by atoms with Crippen LogP contribution in [0.15, 0.2) is 18.2 Å². The zero-order valence-electron chi connectivity index (χ0n) is 10.6. The molecule has 1 N–H and O–H groups in total. The van der Waals surface area contributed by atoms with Gasteiger partial charge >= 0.3 is 0 Å². The van der Waals surface area contributed by atoms with E-state index in [4.69, 9.17) is 0 Å². The molecule has 0 radical (unpaired) electrons. The fraction of sp³-hybridized carbons (Fsp3) is 0.571. The number of hydrogen-bond donors (Lipinski definition) is 1. The molecule has 1 aromatic carbocycles. The third-order valence-electron chi connectivity index (χ3n) is 3.70. The first-order valence-corrected chi connectivity index (χ1v) is 6.20. The van der Waals surface area contributed by atoms with Crippen LogP contribution >= 0.6 is 0 Å². The largest absolute Gasteiger partial charge is 0.371 e. The van der Waals surface area contributed by atoms with Crippen LogP contribution in [0.4, 0.5) is 5.69 Å². The maximum Gasteiger partial charge on any atom is 0.0428 e. The fourth-order valence-corrected chi connectivity index (χ4v) is 2.77. The minimum atomic E-state index is 0.695. The summed E-state index contributed by atoms with van der Waals surface area (Å²) < 4.78 is 0. The van der Waals surface area contributed by atoms with Crippen LogP contribution in [0.1, 0.15) is 24.0 Å². The highest BCUT2D eigenvalue weighted by molar-refractivity contribution is 5.61. The van der Waals surface area contributed by atoms with Crippen LogP contribution in [0.5, 0.6) is 0 Å². The summed E-state index contributed by atoms with van der Waals surface area (Å²) in [6.07, 6.45) is 3.76. The van der Waals surface area contributed by atoms with Gasteiger partial charge in [0.25, 0.3) is 0 Å². The average Bonchev–Trinajstić information content (AvgIpc) is 2.28. The van der Waals surface area contributed by atoms with Gasteiger partial charge in [-0.3, -0.25) is 0 Å². The maximum absolute atomic E-state index is 3.25.